The summed E-state index contributed by atoms with van der Waals surface area (Å²) in [5.41, 5.74) is 3.86. The van der Waals surface area contributed by atoms with Crippen LogP contribution < -0.4 is 16.2 Å². The Hall–Kier alpha value is -3.15. The minimum Gasteiger partial charge on any atom is -0.351 e. The van der Waals surface area contributed by atoms with Gasteiger partial charge in [-0.05, 0) is 48.1 Å². The number of anilines is 1. The van der Waals surface area contributed by atoms with Gasteiger partial charge < -0.3 is 10.6 Å². The maximum Gasteiger partial charge on any atom is 0.263 e. The second-order valence-electron chi connectivity index (χ2n) is 6.86. The summed E-state index contributed by atoms with van der Waals surface area (Å²) in [5.74, 6) is 0. The fourth-order valence-corrected chi connectivity index (χ4v) is 4.20. The molecule has 2 heterocycles. The second kappa shape index (κ2) is 7.03. The van der Waals surface area contributed by atoms with E-state index in [0.29, 0.717) is 15.7 Å². The monoisotopic (exact) mass is 417 g/mol. The number of nitrogens with one attached hydrogen (secondary N) is 2. The summed E-state index contributed by atoms with van der Waals surface area (Å²) in [5, 5.41) is 8.54. The molecule has 4 aromatic rings. The fourth-order valence-electron chi connectivity index (χ4n) is 3.86. The van der Waals surface area contributed by atoms with Crippen LogP contribution in [0.15, 0.2) is 83.7 Å². The number of pyridine rings is 1. The van der Waals surface area contributed by atoms with Gasteiger partial charge in [0.2, 0.25) is 0 Å². The molecule has 4 nitrogen and oxygen atoms in total. The number of nitrogens with zero attached hydrogens (tertiary/aromatic N) is 1. The Morgan fingerprint density at radius 3 is 2.34 bits per heavy atom. The summed E-state index contributed by atoms with van der Waals surface area (Å²) in [7, 11) is 0. The molecule has 1 unspecified atom stereocenters. The normalized spacial score (nSPS) is 15.5. The van der Waals surface area contributed by atoms with Crippen molar-refractivity contribution in [1.82, 2.24) is 9.88 Å². The molecule has 0 amide bonds. The first-order valence-corrected chi connectivity index (χ1v) is 9.98. The highest BCUT2D eigenvalue weighted by Crippen LogP contribution is 2.35. The Morgan fingerprint density at radius 2 is 1.59 bits per heavy atom. The van der Waals surface area contributed by atoms with Crippen molar-refractivity contribution in [3.05, 3.63) is 105 Å². The molecule has 1 aliphatic rings. The molecule has 0 saturated carbocycles. The molecule has 1 aliphatic heterocycles. The number of aromatic nitrogens is 1. The van der Waals surface area contributed by atoms with Crippen molar-refractivity contribution in [2.45, 2.75) is 6.04 Å². The van der Waals surface area contributed by atoms with E-state index in [9.17, 15) is 4.79 Å². The van der Waals surface area contributed by atoms with Crippen LogP contribution in [0, 0.1) is 0 Å². The van der Waals surface area contributed by atoms with E-state index < -0.39 is 0 Å². The van der Waals surface area contributed by atoms with Gasteiger partial charge in [-0.15, -0.1) is 0 Å². The minimum atomic E-state index is -0.372. The van der Waals surface area contributed by atoms with E-state index in [4.69, 9.17) is 23.8 Å². The van der Waals surface area contributed by atoms with Crippen molar-refractivity contribution in [2.24, 2.45) is 0 Å². The second-order valence-corrected chi connectivity index (χ2v) is 7.71. The molecule has 0 fully saturated rings. The molecule has 0 spiro atoms. The standard InChI is InChI=1S/C23H16ClN3OS/c24-15-12-10-14(11-13-15)20-19-21(26-23(29)25-20)17-8-4-5-9-18(17)27(22(19)28)16-6-2-1-3-7-16/h1-13,20H,(H2,25,26,29). The zero-order chi connectivity index (χ0) is 20.0. The lowest BCUT2D eigenvalue weighted by Gasteiger charge is -2.31. The molecule has 3 aromatic carbocycles. The molecule has 29 heavy (non-hydrogen) atoms. The molecule has 0 bridgehead atoms. The van der Waals surface area contributed by atoms with Crippen molar-refractivity contribution in [3.8, 4) is 5.69 Å². The number of hydrogen-bond donors (Lipinski definition) is 2. The van der Waals surface area contributed by atoms with E-state index in [1.807, 2.05) is 78.9 Å². The third kappa shape index (κ3) is 2.99. The van der Waals surface area contributed by atoms with Gasteiger partial charge in [0, 0.05) is 16.1 Å². The summed E-state index contributed by atoms with van der Waals surface area (Å²) >= 11 is 11.5. The highest BCUT2D eigenvalue weighted by atomic mass is 35.5. The third-order valence-corrected chi connectivity index (χ3v) is 5.61. The molecule has 5 rings (SSSR count). The Labute approximate surface area is 177 Å². The van der Waals surface area contributed by atoms with Gasteiger partial charge in [-0.25, -0.2) is 0 Å². The zero-order valence-corrected chi connectivity index (χ0v) is 16.8. The molecule has 2 N–H and O–H groups in total. The molecule has 0 radical (unpaired) electrons. The summed E-state index contributed by atoms with van der Waals surface area (Å²) in [4.78, 5) is 13.8. The van der Waals surface area contributed by atoms with Gasteiger partial charge in [-0.3, -0.25) is 9.36 Å². The topological polar surface area (TPSA) is 46.1 Å². The molecule has 6 heteroatoms. The molecular formula is C23H16ClN3OS. The molecule has 142 valence electrons. The van der Waals surface area contributed by atoms with Gasteiger partial charge in [0.05, 0.1) is 22.8 Å². The first-order chi connectivity index (χ1) is 14.1. The van der Waals surface area contributed by atoms with Crippen LogP contribution in [0.4, 0.5) is 5.69 Å². The highest BCUT2D eigenvalue weighted by molar-refractivity contribution is 7.80. The number of para-hydroxylation sites is 2. The number of halogens is 1. The third-order valence-electron chi connectivity index (χ3n) is 5.14. The first kappa shape index (κ1) is 17.9. The Balaban J connectivity index is 1.87. The van der Waals surface area contributed by atoms with Gasteiger partial charge in [0.25, 0.3) is 5.56 Å². The Bertz CT molecular complexity index is 1300. The van der Waals surface area contributed by atoms with Gasteiger partial charge >= 0.3 is 0 Å². The number of fused-ring (bicyclic) bond motifs is 3. The van der Waals surface area contributed by atoms with Crippen molar-refractivity contribution in [1.29, 1.82) is 0 Å². The van der Waals surface area contributed by atoms with E-state index in [1.165, 1.54) is 0 Å². The SMILES string of the molecule is O=c1c2c(c3ccccc3n1-c1ccccc1)NC(=S)NC2c1ccc(Cl)cc1. The van der Waals surface area contributed by atoms with Gasteiger partial charge in [-0.2, -0.15) is 0 Å². The molecule has 1 atom stereocenters. The van der Waals surface area contributed by atoms with Crippen LogP contribution in [0.25, 0.3) is 16.6 Å². The Kier molecular flexibility index (Phi) is 4.34. The van der Waals surface area contributed by atoms with E-state index in [1.54, 1.807) is 4.57 Å². The van der Waals surface area contributed by atoms with Crippen LogP contribution in [0.2, 0.25) is 5.02 Å². The number of hydrogen-bond acceptors (Lipinski definition) is 2. The van der Waals surface area contributed by atoms with E-state index in [-0.39, 0.29) is 11.6 Å². The predicted molar refractivity (Wildman–Crippen MR) is 122 cm³/mol. The molecule has 1 aromatic heterocycles. The highest BCUT2D eigenvalue weighted by Gasteiger charge is 2.30. The lowest BCUT2D eigenvalue weighted by Crippen LogP contribution is -2.42. The lowest BCUT2D eigenvalue weighted by molar-refractivity contribution is 0.740. The van der Waals surface area contributed by atoms with Crippen LogP contribution in [-0.4, -0.2) is 9.68 Å². The van der Waals surface area contributed by atoms with Crippen LogP contribution in [-0.2, 0) is 0 Å². The van der Waals surface area contributed by atoms with Crippen LogP contribution in [0.5, 0.6) is 0 Å². The van der Waals surface area contributed by atoms with Crippen LogP contribution in [0.1, 0.15) is 17.2 Å². The van der Waals surface area contributed by atoms with Gasteiger partial charge in [-0.1, -0.05) is 60.1 Å². The summed E-state index contributed by atoms with van der Waals surface area (Å²) < 4.78 is 1.76. The number of thiocarbonyl (C=S) groups is 1. The summed E-state index contributed by atoms with van der Waals surface area (Å²) in [6.07, 6.45) is 0. The molecule has 0 saturated heterocycles. The Morgan fingerprint density at radius 1 is 0.897 bits per heavy atom. The summed E-state index contributed by atoms with van der Waals surface area (Å²) in [6.45, 7) is 0. The summed E-state index contributed by atoms with van der Waals surface area (Å²) in [6, 6.07) is 24.6. The molecule has 0 aliphatic carbocycles. The number of rotatable bonds is 2. The average molecular weight is 418 g/mol. The molecular weight excluding hydrogens is 402 g/mol. The van der Waals surface area contributed by atoms with Crippen LogP contribution in [0.3, 0.4) is 0 Å². The largest absolute Gasteiger partial charge is 0.351 e. The first-order valence-electron chi connectivity index (χ1n) is 9.19. The smallest absolute Gasteiger partial charge is 0.263 e. The van der Waals surface area contributed by atoms with E-state index >= 15 is 0 Å². The van der Waals surface area contributed by atoms with E-state index in [2.05, 4.69) is 10.6 Å². The van der Waals surface area contributed by atoms with Crippen LogP contribution >= 0.6 is 23.8 Å². The van der Waals surface area contributed by atoms with E-state index in [0.717, 1.165) is 27.8 Å². The van der Waals surface area contributed by atoms with Crippen molar-refractivity contribution in [2.75, 3.05) is 5.32 Å². The maximum absolute atomic E-state index is 13.8. The van der Waals surface area contributed by atoms with Crippen molar-refractivity contribution < 1.29 is 0 Å². The fraction of sp³-hybridized carbons (Fsp3) is 0.0435. The quantitative estimate of drug-likeness (QED) is 0.449. The minimum absolute atomic E-state index is 0.0904. The van der Waals surface area contributed by atoms with Crippen molar-refractivity contribution in [3.63, 3.8) is 0 Å². The van der Waals surface area contributed by atoms with Gasteiger partial charge in [0.15, 0.2) is 5.11 Å². The zero-order valence-electron chi connectivity index (χ0n) is 15.2. The van der Waals surface area contributed by atoms with Crippen molar-refractivity contribution >= 4 is 45.5 Å². The lowest BCUT2D eigenvalue weighted by atomic mass is 9.94. The number of benzene rings is 3. The predicted octanol–water partition coefficient (Wildman–Crippen LogP) is 5.03. The maximum atomic E-state index is 13.8. The average Bonchev–Trinajstić information content (AvgIpc) is 2.74. The van der Waals surface area contributed by atoms with Gasteiger partial charge in [0.1, 0.15) is 0 Å².